The van der Waals surface area contributed by atoms with E-state index in [1.165, 1.54) is 0 Å². The monoisotopic (exact) mass is 347 g/mol. The maximum atomic E-state index is 12.2. The van der Waals surface area contributed by atoms with Gasteiger partial charge in [-0.25, -0.2) is 9.59 Å². The highest BCUT2D eigenvalue weighted by Gasteiger charge is 2.21. The summed E-state index contributed by atoms with van der Waals surface area (Å²) in [5, 5.41) is 11.1. The normalized spacial score (nSPS) is 14.9. The van der Waals surface area contributed by atoms with E-state index < -0.39 is 12.6 Å². The van der Waals surface area contributed by atoms with Gasteiger partial charge in [-0.2, -0.15) is 0 Å². The number of fused-ring (bicyclic) bond motifs is 1. The first-order valence-electron chi connectivity index (χ1n) is 8.38. The number of benzene rings is 1. The third kappa shape index (κ3) is 3.90. The second kappa shape index (κ2) is 7.52. The van der Waals surface area contributed by atoms with Gasteiger partial charge in [0.05, 0.1) is 17.6 Å². The van der Waals surface area contributed by atoms with Crippen LogP contribution in [0.5, 0.6) is 0 Å². The van der Waals surface area contributed by atoms with Crippen molar-refractivity contribution in [3.8, 4) is 0 Å². The summed E-state index contributed by atoms with van der Waals surface area (Å²) in [6.07, 6.45) is 4.28. The van der Waals surface area contributed by atoms with E-state index in [1.54, 1.807) is 22.8 Å². The molecule has 1 amide bonds. The third-order valence-corrected chi connectivity index (χ3v) is 4.43. The smallest absolute Gasteiger partial charge is 0.329 e. The minimum Gasteiger partial charge on any atom is -0.480 e. The van der Waals surface area contributed by atoms with Crippen LogP contribution in [0.25, 0.3) is 11.0 Å². The maximum Gasteiger partial charge on any atom is 0.329 e. The Morgan fingerprint density at radius 2 is 2.08 bits per heavy atom. The van der Waals surface area contributed by atoms with Crippen LogP contribution in [0.3, 0.4) is 0 Å². The van der Waals surface area contributed by atoms with E-state index in [1.807, 2.05) is 0 Å². The van der Waals surface area contributed by atoms with Gasteiger partial charge in [-0.05, 0) is 31.0 Å². The third-order valence-electron chi connectivity index (χ3n) is 4.43. The Balaban J connectivity index is 1.68. The van der Waals surface area contributed by atoms with Gasteiger partial charge in [-0.1, -0.05) is 12.8 Å². The molecule has 3 rings (SSSR count). The van der Waals surface area contributed by atoms with Gasteiger partial charge in [-0.3, -0.25) is 9.36 Å². The van der Waals surface area contributed by atoms with E-state index in [0.717, 1.165) is 31.2 Å². The van der Waals surface area contributed by atoms with Crippen molar-refractivity contribution in [3.63, 3.8) is 0 Å². The van der Waals surface area contributed by atoms with Crippen LogP contribution in [-0.2, 0) is 9.53 Å². The highest BCUT2D eigenvalue weighted by molar-refractivity contribution is 5.97. The lowest BCUT2D eigenvalue weighted by molar-refractivity contribution is -0.142. The standard InChI is InChI=1S/C17H21N3O5/c21-15(22)10-25-8-7-18-16(23)11-5-6-14-13(9-11)19-17(24)20(14)12-3-1-2-4-12/h5-6,9,12H,1-4,7-8,10H2,(H,18,23)(H,19,24)(H,21,22). The van der Waals surface area contributed by atoms with Crippen LogP contribution in [0.4, 0.5) is 0 Å². The number of nitrogens with zero attached hydrogens (tertiary/aromatic N) is 1. The molecule has 0 radical (unpaired) electrons. The molecular formula is C17H21N3O5. The Bertz CT molecular complexity index is 832. The topological polar surface area (TPSA) is 113 Å². The van der Waals surface area contributed by atoms with Crippen LogP contribution >= 0.6 is 0 Å². The molecule has 8 nitrogen and oxygen atoms in total. The van der Waals surface area contributed by atoms with Crippen molar-refractivity contribution >= 4 is 22.9 Å². The average Bonchev–Trinajstić information content (AvgIpc) is 3.19. The minimum absolute atomic E-state index is 0.120. The summed E-state index contributed by atoms with van der Waals surface area (Å²) in [4.78, 5) is 37.5. The molecule has 0 unspecified atom stereocenters. The van der Waals surface area contributed by atoms with E-state index in [0.29, 0.717) is 11.1 Å². The Kier molecular flexibility index (Phi) is 5.18. The van der Waals surface area contributed by atoms with Gasteiger partial charge in [0.15, 0.2) is 0 Å². The number of carbonyl (C=O) groups is 2. The van der Waals surface area contributed by atoms with Crippen LogP contribution in [-0.4, -0.2) is 46.3 Å². The number of H-pyrrole nitrogens is 1. The first-order chi connectivity index (χ1) is 12.1. The number of carbonyl (C=O) groups excluding carboxylic acids is 1. The van der Waals surface area contributed by atoms with Crippen molar-refractivity contribution in [2.24, 2.45) is 0 Å². The molecule has 1 heterocycles. The van der Waals surface area contributed by atoms with Gasteiger partial charge < -0.3 is 20.1 Å². The van der Waals surface area contributed by atoms with Crippen molar-refractivity contribution in [1.82, 2.24) is 14.9 Å². The summed E-state index contributed by atoms with van der Waals surface area (Å²) < 4.78 is 6.66. The van der Waals surface area contributed by atoms with Crippen molar-refractivity contribution in [3.05, 3.63) is 34.2 Å². The van der Waals surface area contributed by atoms with Gasteiger partial charge in [-0.15, -0.1) is 0 Å². The molecule has 0 aliphatic heterocycles. The predicted octanol–water partition coefficient (Wildman–Crippen LogP) is 1.28. The number of rotatable bonds is 7. The van der Waals surface area contributed by atoms with E-state index in [9.17, 15) is 14.4 Å². The number of carboxylic acids is 1. The SMILES string of the molecule is O=C(O)COCCNC(=O)c1ccc2c(c1)[nH]c(=O)n2C1CCCC1. The number of nitrogens with one attached hydrogen (secondary N) is 2. The van der Waals surface area contributed by atoms with Crippen LogP contribution in [0.15, 0.2) is 23.0 Å². The summed E-state index contributed by atoms with van der Waals surface area (Å²) >= 11 is 0. The maximum absolute atomic E-state index is 12.2. The van der Waals surface area contributed by atoms with Gasteiger partial charge >= 0.3 is 11.7 Å². The molecule has 1 aromatic carbocycles. The van der Waals surface area contributed by atoms with Crippen LogP contribution in [0.1, 0.15) is 42.1 Å². The molecule has 0 saturated heterocycles. The van der Waals surface area contributed by atoms with Crippen molar-refractivity contribution in [1.29, 1.82) is 0 Å². The molecule has 8 heteroatoms. The molecule has 2 aromatic rings. The molecule has 1 fully saturated rings. The summed E-state index contributed by atoms with van der Waals surface area (Å²) in [6, 6.07) is 5.37. The minimum atomic E-state index is -1.05. The number of aromatic amines is 1. The number of hydrogen-bond donors (Lipinski definition) is 3. The fourth-order valence-electron chi connectivity index (χ4n) is 3.30. The number of imidazole rings is 1. The molecule has 134 valence electrons. The molecule has 1 aromatic heterocycles. The molecule has 0 bridgehead atoms. The quantitative estimate of drug-likeness (QED) is 0.653. The first-order valence-corrected chi connectivity index (χ1v) is 8.38. The molecule has 1 aliphatic carbocycles. The van der Waals surface area contributed by atoms with Crippen LogP contribution < -0.4 is 11.0 Å². The largest absolute Gasteiger partial charge is 0.480 e. The molecule has 1 saturated carbocycles. The molecule has 0 atom stereocenters. The highest BCUT2D eigenvalue weighted by atomic mass is 16.5. The van der Waals surface area contributed by atoms with E-state index in [-0.39, 0.29) is 30.8 Å². The molecule has 25 heavy (non-hydrogen) atoms. The van der Waals surface area contributed by atoms with Crippen molar-refractivity contribution in [2.45, 2.75) is 31.7 Å². The van der Waals surface area contributed by atoms with E-state index >= 15 is 0 Å². The Labute approximate surface area is 143 Å². The lowest BCUT2D eigenvalue weighted by atomic mass is 10.1. The fourth-order valence-corrected chi connectivity index (χ4v) is 3.30. The zero-order valence-electron chi connectivity index (χ0n) is 13.8. The molecule has 3 N–H and O–H groups in total. The zero-order chi connectivity index (χ0) is 17.8. The Morgan fingerprint density at radius 3 is 2.80 bits per heavy atom. The number of hydrogen-bond acceptors (Lipinski definition) is 4. The lowest BCUT2D eigenvalue weighted by Gasteiger charge is -2.11. The van der Waals surface area contributed by atoms with Gasteiger partial charge in [0.1, 0.15) is 6.61 Å². The van der Waals surface area contributed by atoms with E-state index in [4.69, 9.17) is 9.84 Å². The van der Waals surface area contributed by atoms with Crippen LogP contribution in [0, 0.1) is 0 Å². The fraction of sp³-hybridized carbons (Fsp3) is 0.471. The Hall–Kier alpha value is -2.61. The van der Waals surface area contributed by atoms with Gasteiger partial charge in [0, 0.05) is 18.2 Å². The second-order valence-corrected chi connectivity index (χ2v) is 6.17. The van der Waals surface area contributed by atoms with Crippen molar-refractivity contribution in [2.75, 3.05) is 19.8 Å². The molecule has 0 spiro atoms. The highest BCUT2D eigenvalue weighted by Crippen LogP contribution is 2.30. The second-order valence-electron chi connectivity index (χ2n) is 6.17. The number of carboxylic acid groups (broad SMARTS) is 1. The first kappa shape index (κ1) is 17.2. The number of aliphatic carboxylic acids is 1. The Morgan fingerprint density at radius 1 is 1.32 bits per heavy atom. The lowest BCUT2D eigenvalue weighted by Crippen LogP contribution is -2.27. The zero-order valence-corrected chi connectivity index (χ0v) is 13.8. The summed E-state index contributed by atoms with van der Waals surface area (Å²) in [6.45, 7) is -0.0588. The van der Waals surface area contributed by atoms with Crippen LogP contribution in [0.2, 0.25) is 0 Å². The van der Waals surface area contributed by atoms with E-state index in [2.05, 4.69) is 10.3 Å². The summed E-state index contributed by atoms with van der Waals surface area (Å²) in [7, 11) is 0. The number of aromatic nitrogens is 2. The summed E-state index contributed by atoms with van der Waals surface area (Å²) in [5.74, 6) is -1.34. The average molecular weight is 347 g/mol. The predicted molar refractivity (Wildman–Crippen MR) is 90.9 cm³/mol. The number of ether oxygens (including phenoxy) is 1. The molecular weight excluding hydrogens is 326 g/mol. The summed E-state index contributed by atoms with van der Waals surface area (Å²) in [5.41, 5.74) is 1.76. The van der Waals surface area contributed by atoms with Gasteiger partial charge in [0.25, 0.3) is 5.91 Å². The van der Waals surface area contributed by atoms with Crippen molar-refractivity contribution < 1.29 is 19.4 Å². The number of amides is 1. The molecule has 1 aliphatic rings. The van der Waals surface area contributed by atoms with Gasteiger partial charge in [0.2, 0.25) is 0 Å².